The van der Waals surface area contributed by atoms with E-state index >= 15 is 0 Å². The van der Waals surface area contributed by atoms with Gasteiger partial charge in [-0.2, -0.15) is 26.3 Å². The van der Waals surface area contributed by atoms with Gasteiger partial charge in [0.05, 0.1) is 24.3 Å². The number of aliphatic hydroxyl groups excluding tert-OH is 1. The molecule has 10 heteroatoms. The van der Waals surface area contributed by atoms with Gasteiger partial charge < -0.3 is 15.6 Å². The van der Waals surface area contributed by atoms with Gasteiger partial charge >= 0.3 is 12.4 Å². The van der Waals surface area contributed by atoms with Crippen molar-refractivity contribution in [3.05, 3.63) is 64.7 Å². The summed E-state index contributed by atoms with van der Waals surface area (Å²) in [5, 5.41) is 9.18. The SMILES string of the molecule is C[C@@](N)(CO)CCc1ccc(OCCCc2ccc(C(F)(F)F)cc2)c(C(F)(F)F)c1.Cl. The third-order valence-electron chi connectivity index (χ3n) is 4.84. The predicted octanol–water partition coefficient (Wildman–Crippen LogP) is 5.80. The number of nitrogens with two attached hydrogens (primary N) is 1. The molecule has 0 aliphatic heterocycles. The number of alkyl halides is 6. The highest BCUT2D eigenvalue weighted by molar-refractivity contribution is 5.85. The van der Waals surface area contributed by atoms with E-state index < -0.39 is 29.0 Å². The second-order valence-electron chi connectivity index (χ2n) is 7.79. The Kier molecular flexibility index (Phi) is 9.86. The fraction of sp³-hybridized carbons (Fsp3) is 0.455. The Bertz CT molecular complexity index is 851. The average Bonchev–Trinajstić information content (AvgIpc) is 2.69. The van der Waals surface area contributed by atoms with Crippen LogP contribution < -0.4 is 10.5 Å². The van der Waals surface area contributed by atoms with E-state index in [1.54, 1.807) is 6.92 Å². The molecular weight excluding hydrogens is 460 g/mol. The van der Waals surface area contributed by atoms with Crippen molar-refractivity contribution in [3.63, 3.8) is 0 Å². The van der Waals surface area contributed by atoms with Crippen LogP contribution in [0.15, 0.2) is 42.5 Å². The Balaban J connectivity index is 0.00000512. The zero-order valence-corrected chi connectivity index (χ0v) is 18.2. The van der Waals surface area contributed by atoms with Crippen molar-refractivity contribution in [2.45, 2.75) is 50.5 Å². The van der Waals surface area contributed by atoms with Crippen LogP contribution in [0.25, 0.3) is 0 Å². The van der Waals surface area contributed by atoms with Gasteiger partial charge in [-0.15, -0.1) is 12.4 Å². The Hall–Kier alpha value is -1.97. The molecule has 0 aliphatic carbocycles. The first-order chi connectivity index (χ1) is 14.3. The maximum Gasteiger partial charge on any atom is 0.419 e. The molecule has 0 bridgehead atoms. The van der Waals surface area contributed by atoms with Gasteiger partial charge in [0.1, 0.15) is 5.75 Å². The molecule has 2 aromatic carbocycles. The number of rotatable bonds is 9. The summed E-state index contributed by atoms with van der Waals surface area (Å²) in [5.74, 6) is -0.304. The Morgan fingerprint density at radius 1 is 0.875 bits per heavy atom. The van der Waals surface area contributed by atoms with Crippen LogP contribution in [0.3, 0.4) is 0 Å². The highest BCUT2D eigenvalue weighted by Gasteiger charge is 2.35. The molecular formula is C22H26ClF6NO2. The van der Waals surface area contributed by atoms with Crippen LogP contribution in [0.1, 0.15) is 42.0 Å². The molecule has 3 nitrogen and oxygen atoms in total. The van der Waals surface area contributed by atoms with Crippen LogP contribution in [-0.4, -0.2) is 23.9 Å². The number of aliphatic hydroxyl groups is 1. The quantitative estimate of drug-likeness (QED) is 0.348. The lowest BCUT2D eigenvalue weighted by Gasteiger charge is -2.22. The first-order valence-corrected chi connectivity index (χ1v) is 9.71. The van der Waals surface area contributed by atoms with E-state index in [4.69, 9.17) is 10.5 Å². The zero-order chi connectivity index (χ0) is 23.3. The van der Waals surface area contributed by atoms with Crippen LogP contribution in [-0.2, 0) is 25.2 Å². The lowest BCUT2D eigenvalue weighted by Crippen LogP contribution is -2.40. The highest BCUT2D eigenvalue weighted by Crippen LogP contribution is 2.37. The topological polar surface area (TPSA) is 55.5 Å². The Morgan fingerprint density at radius 2 is 1.47 bits per heavy atom. The number of hydrogen-bond acceptors (Lipinski definition) is 3. The van der Waals surface area contributed by atoms with E-state index in [1.165, 1.54) is 24.3 Å². The largest absolute Gasteiger partial charge is 0.493 e. The maximum atomic E-state index is 13.4. The van der Waals surface area contributed by atoms with E-state index in [0.29, 0.717) is 30.4 Å². The van der Waals surface area contributed by atoms with Crippen molar-refractivity contribution >= 4 is 12.4 Å². The molecule has 0 aromatic heterocycles. The van der Waals surface area contributed by atoms with Gasteiger partial charge in [-0.3, -0.25) is 0 Å². The average molecular weight is 486 g/mol. The third kappa shape index (κ3) is 8.52. The molecule has 0 unspecified atom stereocenters. The first-order valence-electron chi connectivity index (χ1n) is 9.71. The summed E-state index contributed by atoms with van der Waals surface area (Å²) in [7, 11) is 0. The molecule has 0 aliphatic rings. The van der Waals surface area contributed by atoms with Gasteiger partial charge in [0.25, 0.3) is 0 Å². The Morgan fingerprint density at radius 3 is 2.00 bits per heavy atom. The van der Waals surface area contributed by atoms with Crippen molar-refractivity contribution in [1.82, 2.24) is 0 Å². The fourth-order valence-electron chi connectivity index (χ4n) is 2.91. The smallest absolute Gasteiger partial charge is 0.419 e. The molecule has 0 radical (unpaired) electrons. The molecule has 0 spiro atoms. The third-order valence-corrected chi connectivity index (χ3v) is 4.84. The second kappa shape index (κ2) is 11.2. The summed E-state index contributed by atoms with van der Waals surface area (Å²) in [6, 6.07) is 8.42. The highest BCUT2D eigenvalue weighted by atomic mass is 35.5. The number of aryl methyl sites for hydroxylation is 2. The Labute approximate surface area is 189 Å². The van der Waals surface area contributed by atoms with E-state index in [2.05, 4.69) is 0 Å². The van der Waals surface area contributed by atoms with Crippen LogP contribution in [0, 0.1) is 0 Å². The van der Waals surface area contributed by atoms with E-state index in [1.807, 2.05) is 0 Å². The predicted molar refractivity (Wildman–Crippen MR) is 112 cm³/mol. The summed E-state index contributed by atoms with van der Waals surface area (Å²) in [6.07, 6.45) is -7.73. The molecule has 32 heavy (non-hydrogen) atoms. The van der Waals surface area contributed by atoms with Gasteiger partial charge in [-0.25, -0.2) is 0 Å². The van der Waals surface area contributed by atoms with Gasteiger partial charge in [0.15, 0.2) is 0 Å². The summed E-state index contributed by atoms with van der Waals surface area (Å²) in [6.45, 7) is 1.32. The van der Waals surface area contributed by atoms with E-state index in [9.17, 15) is 31.4 Å². The van der Waals surface area contributed by atoms with Gasteiger partial charge in [-0.1, -0.05) is 18.2 Å². The number of ether oxygens (including phenoxy) is 1. The van der Waals surface area contributed by atoms with Gasteiger partial charge in [0, 0.05) is 5.54 Å². The lowest BCUT2D eigenvalue weighted by atomic mass is 9.94. The zero-order valence-electron chi connectivity index (χ0n) is 17.4. The van der Waals surface area contributed by atoms with Gasteiger partial charge in [0.2, 0.25) is 0 Å². The van der Waals surface area contributed by atoms with Crippen LogP contribution in [0.4, 0.5) is 26.3 Å². The summed E-state index contributed by atoms with van der Waals surface area (Å²) in [5.41, 5.74) is 4.35. The number of benzene rings is 2. The minimum atomic E-state index is -4.61. The standard InChI is InChI=1S/C22H25F6NO2.ClH/c1-20(29,14-30)11-10-16-6-9-19(18(13-16)22(26,27)28)31-12-2-3-15-4-7-17(8-5-15)21(23,24)25;/h4-9,13,30H,2-3,10-12,14,29H2,1H3;1H/t20-;/m0./s1. The van der Waals surface area contributed by atoms with Gasteiger partial charge in [-0.05, 0) is 68.0 Å². The molecule has 1 atom stereocenters. The summed E-state index contributed by atoms with van der Waals surface area (Å²) in [4.78, 5) is 0. The van der Waals surface area contributed by atoms with Crippen molar-refractivity contribution in [2.75, 3.05) is 13.2 Å². The van der Waals surface area contributed by atoms with Crippen molar-refractivity contribution in [1.29, 1.82) is 0 Å². The fourth-order valence-corrected chi connectivity index (χ4v) is 2.91. The van der Waals surface area contributed by atoms with E-state index in [0.717, 1.165) is 18.2 Å². The van der Waals surface area contributed by atoms with Crippen LogP contribution >= 0.6 is 12.4 Å². The first kappa shape index (κ1) is 28.1. The number of hydrogen-bond donors (Lipinski definition) is 2. The molecule has 0 amide bonds. The summed E-state index contributed by atoms with van der Waals surface area (Å²) >= 11 is 0. The van der Waals surface area contributed by atoms with Crippen molar-refractivity contribution < 1.29 is 36.2 Å². The maximum absolute atomic E-state index is 13.4. The lowest BCUT2D eigenvalue weighted by molar-refractivity contribution is -0.139. The van der Waals surface area contributed by atoms with Crippen LogP contribution in [0.2, 0.25) is 0 Å². The van der Waals surface area contributed by atoms with E-state index in [-0.39, 0.29) is 37.8 Å². The minimum Gasteiger partial charge on any atom is -0.493 e. The molecule has 2 aromatic rings. The number of halogens is 7. The molecule has 0 saturated carbocycles. The van der Waals surface area contributed by atoms with Crippen LogP contribution in [0.5, 0.6) is 5.75 Å². The van der Waals surface area contributed by atoms with Crippen molar-refractivity contribution in [2.24, 2.45) is 5.73 Å². The molecule has 0 heterocycles. The molecule has 2 rings (SSSR count). The molecule has 180 valence electrons. The summed E-state index contributed by atoms with van der Waals surface area (Å²) < 4.78 is 83.4. The molecule has 0 fully saturated rings. The minimum absolute atomic E-state index is 0. The molecule has 0 saturated heterocycles. The van der Waals surface area contributed by atoms with Crippen molar-refractivity contribution in [3.8, 4) is 5.75 Å². The normalized spacial score (nSPS) is 13.9. The second-order valence-corrected chi connectivity index (χ2v) is 7.79. The monoisotopic (exact) mass is 485 g/mol. The molecule has 3 N–H and O–H groups in total.